The van der Waals surface area contributed by atoms with Crippen molar-refractivity contribution < 1.29 is 26.4 Å². The Hall–Kier alpha value is -3.38. The fourth-order valence-electron chi connectivity index (χ4n) is 2.66. The SMILES string of the molecule is Cc1ccc(-[n+]2[nH]oc(=O)c2S(=O)(=O)Nc2nc(-c3ccc(F)cc3F)cs2)cc1. The number of aryl methyl sites for hydroxylation is 1. The molecule has 8 nitrogen and oxygen atoms in total. The summed E-state index contributed by atoms with van der Waals surface area (Å²) >= 11 is 0.877. The molecule has 0 amide bonds. The van der Waals surface area contributed by atoms with Crippen LogP contribution in [0.3, 0.4) is 0 Å². The Balaban J connectivity index is 1.68. The summed E-state index contributed by atoms with van der Waals surface area (Å²) in [5.74, 6) is -1.58. The molecule has 30 heavy (non-hydrogen) atoms. The normalized spacial score (nSPS) is 11.6. The first-order chi connectivity index (χ1) is 14.2. The summed E-state index contributed by atoms with van der Waals surface area (Å²) in [6, 6.07) is 9.66. The van der Waals surface area contributed by atoms with Crippen molar-refractivity contribution in [2.24, 2.45) is 0 Å². The molecule has 0 fully saturated rings. The molecule has 2 aromatic heterocycles. The summed E-state index contributed by atoms with van der Waals surface area (Å²) in [5.41, 5.74) is 0.317. The van der Waals surface area contributed by atoms with Crippen LogP contribution in [0.4, 0.5) is 13.9 Å². The summed E-state index contributed by atoms with van der Waals surface area (Å²) in [7, 11) is -4.41. The standard InChI is InChI=1S/C18H12F2N4O4S2/c1-10-2-5-12(6-3-10)24-16(17(25)28-23-24)30(26,27)22-18-21-15(9-29-18)13-7-4-11(19)8-14(13)20/h2-9H,1H3,(H-,21,22,23,25)/p+1. The molecule has 4 aromatic rings. The fourth-order valence-corrected chi connectivity index (χ4v) is 4.75. The average Bonchev–Trinajstić information content (AvgIpc) is 3.29. The lowest BCUT2D eigenvalue weighted by Gasteiger charge is -2.01. The number of halogens is 2. The van der Waals surface area contributed by atoms with Gasteiger partial charge in [-0.25, -0.2) is 23.3 Å². The van der Waals surface area contributed by atoms with Gasteiger partial charge in [0.05, 0.1) is 5.69 Å². The van der Waals surface area contributed by atoms with Gasteiger partial charge in [-0.3, -0.25) is 4.52 Å². The monoisotopic (exact) mass is 451 g/mol. The first kappa shape index (κ1) is 19.9. The molecule has 0 aliphatic heterocycles. The van der Waals surface area contributed by atoms with Crippen molar-refractivity contribution in [3.05, 3.63) is 75.5 Å². The first-order valence-electron chi connectivity index (χ1n) is 8.39. The number of benzene rings is 2. The van der Waals surface area contributed by atoms with Crippen LogP contribution in [-0.4, -0.2) is 18.7 Å². The van der Waals surface area contributed by atoms with Crippen LogP contribution in [0.1, 0.15) is 5.56 Å². The van der Waals surface area contributed by atoms with E-state index in [2.05, 4.69) is 19.5 Å². The molecule has 0 atom stereocenters. The van der Waals surface area contributed by atoms with Gasteiger partial charge < -0.3 is 0 Å². The number of aromatic amines is 1. The predicted molar refractivity (Wildman–Crippen MR) is 104 cm³/mol. The third-order valence-electron chi connectivity index (χ3n) is 4.09. The zero-order valence-electron chi connectivity index (χ0n) is 15.2. The fraction of sp³-hybridized carbons (Fsp3) is 0.0556. The van der Waals surface area contributed by atoms with Gasteiger partial charge in [0.1, 0.15) is 11.6 Å². The van der Waals surface area contributed by atoms with Crippen LogP contribution in [0, 0.1) is 18.6 Å². The number of nitrogens with one attached hydrogen (secondary N) is 2. The molecule has 0 aliphatic carbocycles. The first-order valence-corrected chi connectivity index (χ1v) is 10.8. The number of thiazole rings is 1. The van der Waals surface area contributed by atoms with Gasteiger partial charge in [-0.15, -0.1) is 11.3 Å². The number of nitrogens with zero attached hydrogens (tertiary/aromatic N) is 2. The number of H-pyrrole nitrogens is 1. The van der Waals surface area contributed by atoms with Crippen LogP contribution in [-0.2, 0) is 10.0 Å². The molecule has 12 heteroatoms. The molecule has 0 aliphatic rings. The van der Waals surface area contributed by atoms with Crippen molar-refractivity contribution in [1.29, 1.82) is 0 Å². The van der Waals surface area contributed by atoms with Crippen LogP contribution in [0.2, 0.25) is 0 Å². The third kappa shape index (κ3) is 3.74. The Bertz CT molecular complexity index is 1390. The molecule has 154 valence electrons. The Labute approximate surface area is 172 Å². The van der Waals surface area contributed by atoms with Crippen molar-refractivity contribution in [3.8, 4) is 16.9 Å². The Kier molecular flexibility index (Phi) is 4.95. The molecule has 2 heterocycles. The quantitative estimate of drug-likeness (QED) is 0.454. The summed E-state index contributed by atoms with van der Waals surface area (Å²) in [6.07, 6.45) is 0. The van der Waals surface area contributed by atoms with E-state index in [-0.39, 0.29) is 16.4 Å². The Morgan fingerprint density at radius 1 is 1.17 bits per heavy atom. The number of aromatic nitrogens is 3. The van der Waals surface area contributed by atoms with E-state index in [1.165, 1.54) is 11.4 Å². The van der Waals surface area contributed by atoms with E-state index in [0.29, 0.717) is 11.8 Å². The number of anilines is 1. The summed E-state index contributed by atoms with van der Waals surface area (Å²) in [6.45, 7) is 1.86. The summed E-state index contributed by atoms with van der Waals surface area (Å²) in [5, 5.41) is 2.87. The minimum Gasteiger partial charge on any atom is -0.281 e. The predicted octanol–water partition coefficient (Wildman–Crippen LogP) is 2.76. The molecule has 0 bridgehead atoms. The second-order valence-corrected chi connectivity index (χ2v) is 8.68. The molecule has 0 unspecified atom stereocenters. The van der Waals surface area contributed by atoms with Crippen molar-refractivity contribution in [2.45, 2.75) is 11.9 Å². The highest BCUT2D eigenvalue weighted by Crippen LogP contribution is 2.28. The van der Waals surface area contributed by atoms with Crippen LogP contribution < -0.4 is 15.0 Å². The maximum absolute atomic E-state index is 14.0. The van der Waals surface area contributed by atoms with Crippen LogP contribution in [0.15, 0.2) is 62.2 Å². The molecular weight excluding hydrogens is 438 g/mol. The van der Waals surface area contributed by atoms with E-state index in [0.717, 1.165) is 27.6 Å². The van der Waals surface area contributed by atoms with E-state index in [1.54, 1.807) is 24.3 Å². The highest BCUT2D eigenvalue weighted by molar-refractivity contribution is 7.92. The Morgan fingerprint density at radius 2 is 1.90 bits per heavy atom. The average molecular weight is 451 g/mol. The van der Waals surface area contributed by atoms with Crippen molar-refractivity contribution in [3.63, 3.8) is 0 Å². The summed E-state index contributed by atoms with van der Waals surface area (Å²) in [4.78, 5) is 16.1. The highest BCUT2D eigenvalue weighted by Gasteiger charge is 2.37. The van der Waals surface area contributed by atoms with Gasteiger partial charge >= 0.3 is 20.7 Å². The molecule has 0 saturated carbocycles. The highest BCUT2D eigenvalue weighted by atomic mass is 32.2. The topological polar surface area (TPSA) is 109 Å². The molecule has 0 radical (unpaired) electrons. The van der Waals surface area contributed by atoms with Crippen LogP contribution >= 0.6 is 11.3 Å². The largest absolute Gasteiger partial charge is 0.449 e. The maximum Gasteiger partial charge on any atom is 0.449 e. The van der Waals surface area contributed by atoms with Gasteiger partial charge in [0.25, 0.3) is 0 Å². The minimum atomic E-state index is -4.41. The lowest BCUT2D eigenvalue weighted by atomic mass is 10.1. The van der Waals surface area contributed by atoms with Gasteiger partial charge in [0.2, 0.25) is 5.69 Å². The van der Waals surface area contributed by atoms with Crippen LogP contribution in [0.25, 0.3) is 16.9 Å². The van der Waals surface area contributed by atoms with Crippen LogP contribution in [0.5, 0.6) is 0 Å². The van der Waals surface area contributed by atoms with Gasteiger partial charge in [-0.1, -0.05) is 17.7 Å². The number of hydrogen-bond acceptors (Lipinski definition) is 6. The van der Waals surface area contributed by atoms with E-state index in [4.69, 9.17) is 0 Å². The van der Waals surface area contributed by atoms with Gasteiger partial charge in [0.15, 0.2) is 5.13 Å². The molecule has 0 spiro atoms. The number of sulfonamides is 1. The molecule has 2 N–H and O–H groups in total. The maximum atomic E-state index is 14.0. The minimum absolute atomic E-state index is 0.00831. The molecular formula is C18H13F2N4O4S2+. The zero-order valence-corrected chi connectivity index (χ0v) is 16.9. The van der Waals surface area contributed by atoms with Gasteiger partial charge in [-0.2, -0.15) is 8.42 Å². The lowest BCUT2D eigenvalue weighted by Crippen LogP contribution is -2.42. The van der Waals surface area contributed by atoms with E-state index >= 15 is 0 Å². The number of rotatable bonds is 5. The number of hydrogen-bond donors (Lipinski definition) is 2. The van der Waals surface area contributed by atoms with Gasteiger partial charge in [0, 0.05) is 29.1 Å². The van der Waals surface area contributed by atoms with E-state index in [9.17, 15) is 22.0 Å². The van der Waals surface area contributed by atoms with Crippen molar-refractivity contribution >= 4 is 26.5 Å². The molecule has 2 aromatic carbocycles. The Morgan fingerprint density at radius 3 is 2.60 bits per heavy atom. The van der Waals surface area contributed by atoms with E-state index in [1.807, 2.05) is 6.92 Å². The smallest absolute Gasteiger partial charge is 0.281 e. The van der Waals surface area contributed by atoms with Crippen molar-refractivity contribution in [1.82, 2.24) is 10.3 Å². The zero-order chi connectivity index (χ0) is 21.5. The van der Waals surface area contributed by atoms with Crippen molar-refractivity contribution in [2.75, 3.05) is 4.72 Å². The lowest BCUT2D eigenvalue weighted by molar-refractivity contribution is -0.705. The second kappa shape index (κ2) is 7.46. The van der Waals surface area contributed by atoms with E-state index < -0.39 is 32.3 Å². The molecule has 4 rings (SSSR count). The van der Waals surface area contributed by atoms with Gasteiger partial charge in [-0.05, 0) is 29.0 Å². The third-order valence-corrected chi connectivity index (χ3v) is 6.29. The second-order valence-electron chi connectivity index (χ2n) is 6.22. The molecule has 0 saturated heterocycles. The summed E-state index contributed by atoms with van der Waals surface area (Å²) < 4.78 is 60.5.